The van der Waals surface area contributed by atoms with E-state index in [9.17, 15) is 0 Å². The molecule has 0 radical (unpaired) electrons. The van der Waals surface area contributed by atoms with Crippen LogP contribution in [0.4, 0.5) is 5.69 Å². The molecule has 6 aromatic carbocycles. The van der Waals surface area contributed by atoms with Gasteiger partial charge < -0.3 is 10.5 Å². The van der Waals surface area contributed by atoms with E-state index in [1.165, 1.54) is 22.3 Å². The molecule has 1 atom stereocenters. The normalized spacial score (nSPS) is 16.6. The summed E-state index contributed by atoms with van der Waals surface area (Å²) in [5.41, 5.74) is 18.7. The first-order valence-corrected chi connectivity index (χ1v) is 17.4. The topological polar surface area (TPSA) is 73.9 Å². The Labute approximate surface area is 296 Å². The first-order chi connectivity index (χ1) is 25.2. The number of nitrogens with two attached hydrogens (primary N) is 1. The maximum atomic E-state index is 6.83. The van der Waals surface area contributed by atoms with Crippen molar-refractivity contribution in [1.29, 1.82) is 0 Å². The molecule has 10 rings (SSSR count). The Morgan fingerprint density at radius 2 is 1.06 bits per heavy atom. The molecule has 0 fully saturated rings. The Hall–Kier alpha value is -6.59. The van der Waals surface area contributed by atoms with Gasteiger partial charge in [0.25, 0.3) is 0 Å². The first-order valence-electron chi connectivity index (χ1n) is 17.4. The number of anilines is 1. The fourth-order valence-electron chi connectivity index (χ4n) is 8.15. The van der Waals surface area contributed by atoms with Crippen molar-refractivity contribution in [2.24, 2.45) is 0 Å². The summed E-state index contributed by atoms with van der Waals surface area (Å²) < 4.78 is 6.83. The number of nitrogen functional groups attached to an aromatic ring is 1. The van der Waals surface area contributed by atoms with Crippen LogP contribution in [0.5, 0.6) is 11.5 Å². The van der Waals surface area contributed by atoms with E-state index in [4.69, 9.17) is 25.4 Å². The van der Waals surface area contributed by atoms with Crippen molar-refractivity contribution in [3.63, 3.8) is 0 Å². The van der Waals surface area contributed by atoms with E-state index < -0.39 is 5.41 Å². The van der Waals surface area contributed by atoms with Crippen LogP contribution >= 0.6 is 0 Å². The summed E-state index contributed by atoms with van der Waals surface area (Å²) in [6.07, 6.45) is 6.54. The Balaban J connectivity index is 1.24. The number of hydrogen-bond donors (Lipinski definition) is 1. The van der Waals surface area contributed by atoms with Gasteiger partial charge in [0.05, 0.1) is 5.41 Å². The summed E-state index contributed by atoms with van der Waals surface area (Å²) >= 11 is 0. The number of aromatic nitrogens is 3. The molecule has 5 nitrogen and oxygen atoms in total. The number of rotatable bonds is 4. The van der Waals surface area contributed by atoms with Crippen LogP contribution < -0.4 is 10.5 Å². The number of nitrogens with zero attached hydrogens (tertiary/aromatic N) is 3. The molecule has 0 amide bonds. The average Bonchev–Trinajstić information content (AvgIpc) is 3.49. The third-order valence-electron chi connectivity index (χ3n) is 10.4. The van der Waals surface area contributed by atoms with Crippen molar-refractivity contribution >= 4 is 11.3 Å². The molecule has 5 heteroatoms. The summed E-state index contributed by atoms with van der Waals surface area (Å²) in [6, 6.07) is 50.2. The highest BCUT2D eigenvalue weighted by molar-refractivity contribution is 5.93. The zero-order valence-electron chi connectivity index (χ0n) is 27.8. The summed E-state index contributed by atoms with van der Waals surface area (Å²) in [7, 11) is 0. The van der Waals surface area contributed by atoms with Gasteiger partial charge >= 0.3 is 0 Å². The molecular formula is C46H32N4O. The lowest BCUT2D eigenvalue weighted by Crippen LogP contribution is -2.33. The summed E-state index contributed by atoms with van der Waals surface area (Å²) in [5.74, 6) is 3.59. The molecular weight excluding hydrogens is 625 g/mol. The van der Waals surface area contributed by atoms with Gasteiger partial charge in [-0.1, -0.05) is 115 Å². The third-order valence-corrected chi connectivity index (χ3v) is 10.4. The summed E-state index contributed by atoms with van der Waals surface area (Å²) in [6.45, 7) is 0. The number of allylic oxidation sites excluding steroid dienone is 4. The lowest BCUT2D eigenvalue weighted by atomic mass is 9.63. The zero-order chi connectivity index (χ0) is 33.9. The highest BCUT2D eigenvalue weighted by Gasteiger charge is 2.52. The van der Waals surface area contributed by atoms with Crippen molar-refractivity contribution in [3.05, 3.63) is 186 Å². The van der Waals surface area contributed by atoms with Crippen molar-refractivity contribution < 1.29 is 4.74 Å². The van der Waals surface area contributed by atoms with E-state index >= 15 is 0 Å². The average molecular weight is 657 g/mol. The van der Waals surface area contributed by atoms with Crippen molar-refractivity contribution in [2.45, 2.75) is 18.3 Å². The van der Waals surface area contributed by atoms with E-state index in [0.29, 0.717) is 17.5 Å². The number of hydrogen-bond acceptors (Lipinski definition) is 5. The first kappa shape index (κ1) is 29.3. The maximum Gasteiger partial charge on any atom is 0.164 e. The molecule has 7 aromatic rings. The summed E-state index contributed by atoms with van der Waals surface area (Å²) in [5, 5.41) is 0. The molecule has 1 aromatic heterocycles. The predicted molar refractivity (Wildman–Crippen MR) is 204 cm³/mol. The molecule has 1 spiro atoms. The standard InChI is InChI=1S/C46H32N4O/c47-34-23-19-29(20-24-34)32-21-25-41-39(27-32)46(37-17-9-7-15-35(37)36-16-8-10-18-38(36)46)40-28-33(22-26-42(40)51-41)45-49-43(30-11-3-1-4-12-30)48-44(50-45)31-13-5-2-6-14-31/h1-9,11-17,19-28H,10,18,47H2. The maximum absolute atomic E-state index is 6.83. The van der Waals surface area contributed by atoms with Gasteiger partial charge in [-0.25, -0.2) is 15.0 Å². The molecule has 0 saturated carbocycles. The third kappa shape index (κ3) is 4.59. The highest BCUT2D eigenvalue weighted by Crippen LogP contribution is 2.63. The molecule has 3 aliphatic rings. The minimum Gasteiger partial charge on any atom is -0.457 e. The van der Waals surface area contributed by atoms with Crippen LogP contribution in [0, 0.1) is 0 Å². The Bertz CT molecular complexity index is 2500. The predicted octanol–water partition coefficient (Wildman–Crippen LogP) is 10.7. The zero-order valence-corrected chi connectivity index (χ0v) is 27.8. The molecule has 51 heavy (non-hydrogen) atoms. The minimum atomic E-state index is -0.572. The lowest BCUT2D eigenvalue weighted by molar-refractivity contribution is 0.432. The van der Waals surface area contributed by atoms with Gasteiger partial charge in [-0.15, -0.1) is 0 Å². The molecule has 1 aliphatic heterocycles. The van der Waals surface area contributed by atoms with Crippen LogP contribution in [0.1, 0.15) is 35.1 Å². The van der Waals surface area contributed by atoms with Crippen LogP contribution in [0.25, 0.3) is 50.9 Å². The second kappa shape index (κ2) is 11.5. The van der Waals surface area contributed by atoms with Crippen LogP contribution in [0.2, 0.25) is 0 Å². The van der Waals surface area contributed by atoms with E-state index in [2.05, 4.69) is 84.9 Å². The van der Waals surface area contributed by atoms with Crippen molar-refractivity contribution in [3.8, 4) is 56.8 Å². The van der Waals surface area contributed by atoms with E-state index in [0.717, 1.165) is 69.0 Å². The number of fused-ring (bicyclic) bond motifs is 8. The van der Waals surface area contributed by atoms with E-state index in [1.807, 2.05) is 72.8 Å². The van der Waals surface area contributed by atoms with Gasteiger partial charge in [0.15, 0.2) is 17.5 Å². The van der Waals surface area contributed by atoms with Crippen LogP contribution in [0.3, 0.4) is 0 Å². The van der Waals surface area contributed by atoms with Gasteiger partial charge in [0, 0.05) is 33.5 Å². The monoisotopic (exact) mass is 656 g/mol. The van der Waals surface area contributed by atoms with Crippen LogP contribution in [-0.4, -0.2) is 15.0 Å². The van der Waals surface area contributed by atoms with Gasteiger partial charge in [0.2, 0.25) is 0 Å². The van der Waals surface area contributed by atoms with Crippen LogP contribution in [0.15, 0.2) is 163 Å². The van der Waals surface area contributed by atoms with Crippen molar-refractivity contribution in [2.75, 3.05) is 5.73 Å². The second-order valence-electron chi connectivity index (χ2n) is 13.3. The highest BCUT2D eigenvalue weighted by atomic mass is 16.5. The smallest absolute Gasteiger partial charge is 0.164 e. The van der Waals surface area contributed by atoms with E-state index in [-0.39, 0.29) is 0 Å². The van der Waals surface area contributed by atoms with Gasteiger partial charge in [-0.3, -0.25) is 0 Å². The Morgan fingerprint density at radius 1 is 0.510 bits per heavy atom. The molecule has 1 unspecified atom stereocenters. The molecule has 2 aliphatic carbocycles. The molecule has 0 saturated heterocycles. The lowest BCUT2D eigenvalue weighted by Gasteiger charge is -2.41. The fourth-order valence-corrected chi connectivity index (χ4v) is 8.15. The summed E-state index contributed by atoms with van der Waals surface area (Å²) in [4.78, 5) is 15.1. The number of ether oxygens (including phenoxy) is 1. The van der Waals surface area contributed by atoms with Gasteiger partial charge in [-0.05, 0) is 88.7 Å². The Morgan fingerprint density at radius 3 is 1.73 bits per heavy atom. The van der Waals surface area contributed by atoms with Crippen molar-refractivity contribution in [1.82, 2.24) is 15.0 Å². The number of benzene rings is 6. The largest absolute Gasteiger partial charge is 0.457 e. The van der Waals surface area contributed by atoms with Crippen LogP contribution in [-0.2, 0) is 5.41 Å². The Kier molecular flexibility index (Phi) is 6.61. The minimum absolute atomic E-state index is 0.572. The molecule has 0 bridgehead atoms. The molecule has 2 N–H and O–H groups in total. The SMILES string of the molecule is Nc1ccc(-c2ccc3c(c2)C2(C4=C(C=CCC4)c4ccccc42)c2cc(-c4nc(-c5ccccc5)nc(-c5ccccc5)n4)ccc2O3)cc1. The van der Waals surface area contributed by atoms with Gasteiger partial charge in [0.1, 0.15) is 11.5 Å². The quantitative estimate of drug-likeness (QED) is 0.191. The van der Waals surface area contributed by atoms with E-state index in [1.54, 1.807) is 0 Å². The van der Waals surface area contributed by atoms with Gasteiger partial charge in [-0.2, -0.15) is 0 Å². The molecule has 242 valence electrons. The fraction of sp³-hybridized carbons (Fsp3) is 0.0652. The second-order valence-corrected chi connectivity index (χ2v) is 13.3. The molecule has 2 heterocycles.